The standard InChI is InChI=1S/C20H24N6O2S/c1-29(27,28)23-20-9-5-8-19(21-20)16-10-12-25(13-11-16)14-17-15-26(24-22-17)18-6-3-2-4-7-18/h2-9,15-16H,10-14H2,1H3,(H,21,23). The molecule has 0 amide bonds. The van der Waals surface area contributed by atoms with Crippen molar-refractivity contribution < 1.29 is 8.42 Å². The Hall–Kier alpha value is -2.78. The Balaban J connectivity index is 1.34. The number of pyridine rings is 1. The first kappa shape index (κ1) is 19.5. The molecule has 152 valence electrons. The summed E-state index contributed by atoms with van der Waals surface area (Å²) in [6.07, 6.45) is 5.06. The molecule has 1 aliphatic rings. The summed E-state index contributed by atoms with van der Waals surface area (Å²) >= 11 is 0. The minimum atomic E-state index is -3.32. The van der Waals surface area contributed by atoms with Crippen molar-refractivity contribution in [3.8, 4) is 5.69 Å². The van der Waals surface area contributed by atoms with Gasteiger partial charge in [0.25, 0.3) is 0 Å². The molecule has 0 unspecified atom stereocenters. The molecule has 0 radical (unpaired) electrons. The molecule has 4 rings (SSSR count). The highest BCUT2D eigenvalue weighted by molar-refractivity contribution is 7.92. The van der Waals surface area contributed by atoms with Crippen LogP contribution in [-0.4, -0.2) is 52.6 Å². The third kappa shape index (κ3) is 5.18. The van der Waals surface area contributed by atoms with E-state index in [0.717, 1.165) is 55.8 Å². The van der Waals surface area contributed by atoms with Gasteiger partial charge >= 0.3 is 0 Å². The minimum Gasteiger partial charge on any atom is -0.297 e. The van der Waals surface area contributed by atoms with Gasteiger partial charge in [-0.3, -0.25) is 9.62 Å². The lowest BCUT2D eigenvalue weighted by molar-refractivity contribution is 0.201. The summed E-state index contributed by atoms with van der Waals surface area (Å²) in [4.78, 5) is 6.86. The van der Waals surface area contributed by atoms with Gasteiger partial charge in [-0.1, -0.05) is 29.5 Å². The van der Waals surface area contributed by atoms with Crippen LogP contribution in [-0.2, 0) is 16.6 Å². The van der Waals surface area contributed by atoms with Crippen molar-refractivity contribution in [3.63, 3.8) is 0 Å². The average molecular weight is 413 g/mol. The van der Waals surface area contributed by atoms with Gasteiger partial charge in [-0.05, 0) is 50.2 Å². The van der Waals surface area contributed by atoms with E-state index in [4.69, 9.17) is 0 Å². The lowest BCUT2D eigenvalue weighted by Crippen LogP contribution is -2.32. The van der Waals surface area contributed by atoms with Crippen LogP contribution in [0.2, 0.25) is 0 Å². The molecule has 0 aliphatic carbocycles. The Bertz CT molecular complexity index is 1060. The SMILES string of the molecule is CS(=O)(=O)Nc1cccc(C2CCN(Cc3cn(-c4ccccc4)nn3)CC2)n1. The van der Waals surface area contributed by atoms with Crippen molar-refractivity contribution in [1.82, 2.24) is 24.9 Å². The van der Waals surface area contributed by atoms with Gasteiger partial charge in [0.1, 0.15) is 5.82 Å². The van der Waals surface area contributed by atoms with E-state index in [0.29, 0.717) is 11.7 Å². The number of benzene rings is 1. The number of piperidine rings is 1. The summed E-state index contributed by atoms with van der Waals surface area (Å²) < 4.78 is 27.1. The number of nitrogens with zero attached hydrogens (tertiary/aromatic N) is 5. The predicted molar refractivity (Wildman–Crippen MR) is 111 cm³/mol. The molecule has 0 saturated carbocycles. The Labute approximate surface area is 170 Å². The Morgan fingerprint density at radius 2 is 1.83 bits per heavy atom. The molecule has 0 atom stereocenters. The zero-order chi connectivity index (χ0) is 20.3. The molecule has 1 aliphatic heterocycles. The summed E-state index contributed by atoms with van der Waals surface area (Å²) in [7, 11) is -3.32. The molecule has 1 aromatic carbocycles. The average Bonchev–Trinajstić information content (AvgIpc) is 3.17. The van der Waals surface area contributed by atoms with E-state index in [9.17, 15) is 8.42 Å². The molecule has 2 aromatic heterocycles. The van der Waals surface area contributed by atoms with E-state index in [1.165, 1.54) is 0 Å². The number of aromatic nitrogens is 4. The van der Waals surface area contributed by atoms with Gasteiger partial charge in [-0.2, -0.15) is 0 Å². The first-order valence-electron chi connectivity index (χ1n) is 9.60. The van der Waals surface area contributed by atoms with Crippen LogP contribution in [0.5, 0.6) is 0 Å². The predicted octanol–water partition coefficient (Wildman–Crippen LogP) is 2.41. The fraction of sp³-hybridized carbons (Fsp3) is 0.350. The maximum atomic E-state index is 11.4. The van der Waals surface area contributed by atoms with Gasteiger partial charge < -0.3 is 0 Å². The summed E-state index contributed by atoms with van der Waals surface area (Å²) in [5, 5.41) is 8.53. The third-order valence-corrected chi connectivity index (χ3v) is 5.59. The van der Waals surface area contributed by atoms with E-state index in [1.807, 2.05) is 48.7 Å². The van der Waals surface area contributed by atoms with E-state index in [1.54, 1.807) is 10.7 Å². The monoisotopic (exact) mass is 412 g/mol. The molecule has 9 heteroatoms. The van der Waals surface area contributed by atoms with Crippen LogP contribution in [0.4, 0.5) is 5.82 Å². The van der Waals surface area contributed by atoms with Crippen molar-refractivity contribution in [2.45, 2.75) is 25.3 Å². The number of nitrogens with one attached hydrogen (secondary N) is 1. The fourth-order valence-corrected chi connectivity index (χ4v) is 4.11. The maximum absolute atomic E-state index is 11.4. The second-order valence-electron chi connectivity index (χ2n) is 7.36. The van der Waals surface area contributed by atoms with Gasteiger partial charge in [0.15, 0.2) is 0 Å². The molecule has 3 heterocycles. The Kier molecular flexibility index (Phi) is 5.59. The van der Waals surface area contributed by atoms with Gasteiger partial charge in [0.05, 0.1) is 23.8 Å². The molecular formula is C20H24N6O2S. The molecule has 1 fully saturated rings. The van der Waals surface area contributed by atoms with Crippen LogP contribution in [0.25, 0.3) is 5.69 Å². The fourth-order valence-electron chi connectivity index (χ4n) is 3.62. The third-order valence-electron chi connectivity index (χ3n) is 5.01. The minimum absolute atomic E-state index is 0.326. The Morgan fingerprint density at radius 1 is 1.07 bits per heavy atom. The summed E-state index contributed by atoms with van der Waals surface area (Å²) in [5.41, 5.74) is 2.89. The number of sulfonamides is 1. The van der Waals surface area contributed by atoms with E-state index < -0.39 is 10.0 Å². The molecule has 8 nitrogen and oxygen atoms in total. The van der Waals surface area contributed by atoms with Crippen LogP contribution in [0, 0.1) is 0 Å². The lowest BCUT2D eigenvalue weighted by Gasteiger charge is -2.31. The number of rotatable bonds is 6. The van der Waals surface area contributed by atoms with E-state index in [2.05, 4.69) is 24.9 Å². The lowest BCUT2D eigenvalue weighted by atomic mass is 9.93. The molecule has 1 N–H and O–H groups in total. The highest BCUT2D eigenvalue weighted by atomic mass is 32.2. The summed E-state index contributed by atoms with van der Waals surface area (Å²) in [5.74, 6) is 0.706. The van der Waals surface area contributed by atoms with Crippen LogP contribution < -0.4 is 4.72 Å². The van der Waals surface area contributed by atoms with Crippen molar-refractivity contribution in [1.29, 1.82) is 0 Å². The van der Waals surface area contributed by atoms with E-state index >= 15 is 0 Å². The molecule has 3 aromatic rings. The van der Waals surface area contributed by atoms with Crippen LogP contribution in [0.1, 0.15) is 30.1 Å². The van der Waals surface area contributed by atoms with E-state index in [-0.39, 0.29) is 0 Å². The number of anilines is 1. The highest BCUT2D eigenvalue weighted by Gasteiger charge is 2.22. The first-order valence-corrected chi connectivity index (χ1v) is 11.5. The van der Waals surface area contributed by atoms with Gasteiger partial charge in [0.2, 0.25) is 10.0 Å². The quantitative estimate of drug-likeness (QED) is 0.668. The molecule has 29 heavy (non-hydrogen) atoms. The molecule has 1 saturated heterocycles. The number of hydrogen-bond donors (Lipinski definition) is 1. The first-order chi connectivity index (χ1) is 14.0. The maximum Gasteiger partial charge on any atom is 0.230 e. The summed E-state index contributed by atoms with van der Waals surface area (Å²) in [6.45, 7) is 2.64. The van der Waals surface area contributed by atoms with Gasteiger partial charge in [0, 0.05) is 18.2 Å². The molecule has 0 bridgehead atoms. The normalized spacial score (nSPS) is 16.0. The molecular weight excluding hydrogens is 388 g/mol. The number of hydrogen-bond acceptors (Lipinski definition) is 6. The van der Waals surface area contributed by atoms with Crippen molar-refractivity contribution >= 4 is 15.8 Å². The largest absolute Gasteiger partial charge is 0.297 e. The smallest absolute Gasteiger partial charge is 0.230 e. The van der Waals surface area contributed by atoms with Gasteiger partial charge in [-0.15, -0.1) is 5.10 Å². The zero-order valence-electron chi connectivity index (χ0n) is 16.3. The van der Waals surface area contributed by atoms with Crippen molar-refractivity contribution in [2.75, 3.05) is 24.1 Å². The van der Waals surface area contributed by atoms with Crippen LogP contribution >= 0.6 is 0 Å². The van der Waals surface area contributed by atoms with Crippen molar-refractivity contribution in [3.05, 3.63) is 66.1 Å². The zero-order valence-corrected chi connectivity index (χ0v) is 17.1. The second-order valence-corrected chi connectivity index (χ2v) is 9.11. The topological polar surface area (TPSA) is 93.0 Å². The highest BCUT2D eigenvalue weighted by Crippen LogP contribution is 2.28. The van der Waals surface area contributed by atoms with Gasteiger partial charge in [-0.25, -0.2) is 18.1 Å². The summed E-state index contributed by atoms with van der Waals surface area (Å²) in [6, 6.07) is 15.5. The Morgan fingerprint density at radius 3 is 2.55 bits per heavy atom. The number of likely N-dealkylation sites (tertiary alicyclic amines) is 1. The number of para-hydroxylation sites is 1. The second kappa shape index (κ2) is 8.30. The van der Waals surface area contributed by atoms with Crippen LogP contribution in [0.3, 0.4) is 0 Å². The van der Waals surface area contributed by atoms with Crippen molar-refractivity contribution in [2.24, 2.45) is 0 Å². The molecule has 0 spiro atoms. The van der Waals surface area contributed by atoms with Crippen LogP contribution in [0.15, 0.2) is 54.7 Å².